The number of nitro groups is 1. The molecule has 0 radical (unpaired) electrons. The van der Waals surface area contributed by atoms with Crippen molar-refractivity contribution in [2.45, 2.75) is 25.9 Å². The van der Waals surface area contributed by atoms with Crippen LogP contribution in [0, 0.1) is 30.3 Å². The van der Waals surface area contributed by atoms with Gasteiger partial charge in [0.2, 0.25) is 0 Å². The van der Waals surface area contributed by atoms with E-state index in [0.717, 1.165) is 0 Å². The third kappa shape index (κ3) is 4.97. The minimum Gasteiger partial charge on any atom is -0.455 e. The van der Waals surface area contributed by atoms with Crippen LogP contribution in [0.1, 0.15) is 25.3 Å². The van der Waals surface area contributed by atoms with Crippen molar-refractivity contribution in [3.63, 3.8) is 0 Å². The van der Waals surface area contributed by atoms with E-state index in [1.807, 2.05) is 0 Å². The number of hydrogen-bond donors (Lipinski definition) is 1. The number of benzene rings is 1. The van der Waals surface area contributed by atoms with Crippen LogP contribution >= 0.6 is 0 Å². The Morgan fingerprint density at radius 3 is 2.32 bits per heavy atom. The number of rotatable bonds is 10. The second-order valence-electron chi connectivity index (χ2n) is 6.91. The Morgan fingerprint density at radius 1 is 1.09 bits per heavy atom. The summed E-state index contributed by atoms with van der Waals surface area (Å²) in [6.07, 6.45) is -1.58. The number of nitrogens with one attached hydrogen (secondary N) is 1. The molecule has 2 heterocycles. The predicted molar refractivity (Wildman–Crippen MR) is 106 cm³/mol. The zero-order chi connectivity index (χ0) is 25.0. The van der Waals surface area contributed by atoms with Crippen molar-refractivity contribution in [2.24, 2.45) is 0 Å². The van der Waals surface area contributed by atoms with Gasteiger partial charge in [0.1, 0.15) is 36.3 Å². The SMILES string of the molecule is CC1=C(C(=O)OC(CO[N+](=O)[O-])CO[N+](=O)[O-])C(c2cccc3nonc23)C([N+](=O)[O-])=C(C)N1. The molecule has 1 aliphatic heterocycles. The van der Waals surface area contributed by atoms with Gasteiger partial charge in [-0.3, -0.25) is 10.1 Å². The van der Waals surface area contributed by atoms with Crippen LogP contribution in [0.25, 0.3) is 11.0 Å². The molecule has 1 aliphatic rings. The van der Waals surface area contributed by atoms with E-state index < -0.39 is 52.0 Å². The lowest BCUT2D eigenvalue weighted by atomic mass is 9.83. The molecular weight excluding hydrogens is 464 g/mol. The van der Waals surface area contributed by atoms with Gasteiger partial charge in [0.25, 0.3) is 15.9 Å². The van der Waals surface area contributed by atoms with Gasteiger partial charge in [-0.2, -0.15) is 0 Å². The molecule has 34 heavy (non-hydrogen) atoms. The first kappa shape index (κ1) is 23.8. The number of carbonyl (C=O) groups is 1. The average molecular weight is 480 g/mol. The molecule has 17 heteroatoms. The zero-order valence-corrected chi connectivity index (χ0v) is 17.5. The smallest absolute Gasteiger partial charge is 0.337 e. The summed E-state index contributed by atoms with van der Waals surface area (Å²) < 4.78 is 9.89. The van der Waals surface area contributed by atoms with E-state index >= 15 is 0 Å². The van der Waals surface area contributed by atoms with Crippen molar-refractivity contribution in [3.8, 4) is 0 Å². The highest BCUT2D eigenvalue weighted by Gasteiger charge is 2.43. The Morgan fingerprint density at radius 2 is 1.74 bits per heavy atom. The quantitative estimate of drug-likeness (QED) is 0.284. The summed E-state index contributed by atoms with van der Waals surface area (Å²) >= 11 is 0. The van der Waals surface area contributed by atoms with Crippen molar-refractivity contribution < 1.29 is 38.9 Å². The van der Waals surface area contributed by atoms with Gasteiger partial charge in [-0.05, 0) is 30.2 Å². The van der Waals surface area contributed by atoms with Crippen LogP contribution in [0.15, 0.2) is 45.5 Å². The van der Waals surface area contributed by atoms with Crippen LogP contribution in [-0.2, 0) is 19.2 Å². The lowest BCUT2D eigenvalue weighted by Crippen LogP contribution is -2.36. The molecule has 0 spiro atoms. The maximum Gasteiger partial charge on any atom is 0.337 e. The van der Waals surface area contributed by atoms with Gasteiger partial charge in [0.05, 0.1) is 16.2 Å². The summed E-state index contributed by atoms with van der Waals surface area (Å²) in [6, 6.07) is 4.57. The number of dihydropyridines is 1. The molecule has 0 aliphatic carbocycles. The Hall–Kier alpha value is -4.83. The fourth-order valence-electron chi connectivity index (χ4n) is 3.48. The zero-order valence-electron chi connectivity index (χ0n) is 17.5. The standard InChI is InChI=1S/C17H16N6O11/c1-8-13(17(24)33-10(6-31-22(27)28)7-32-23(29)30)14(16(21(25)26)9(2)18-8)11-4-3-5-12-15(11)20-34-19-12/h3-5,10,14,18H,6-7H2,1-2H3. The number of nitrogens with zero attached hydrogens (tertiary/aromatic N) is 5. The number of aromatic nitrogens is 2. The highest BCUT2D eigenvalue weighted by Crippen LogP contribution is 2.41. The Bertz CT molecular complexity index is 1200. The summed E-state index contributed by atoms with van der Waals surface area (Å²) in [4.78, 5) is 53.8. The molecule has 1 N–H and O–H groups in total. The van der Waals surface area contributed by atoms with E-state index in [2.05, 4.69) is 25.3 Å². The van der Waals surface area contributed by atoms with Crippen LogP contribution in [-0.4, -0.2) is 50.7 Å². The lowest BCUT2D eigenvalue weighted by Gasteiger charge is -2.27. The predicted octanol–water partition coefficient (Wildman–Crippen LogP) is 1.02. The van der Waals surface area contributed by atoms with Crippen molar-refractivity contribution in [1.82, 2.24) is 15.6 Å². The van der Waals surface area contributed by atoms with E-state index in [1.54, 1.807) is 6.07 Å². The van der Waals surface area contributed by atoms with Crippen LogP contribution in [0.4, 0.5) is 0 Å². The first-order chi connectivity index (χ1) is 16.1. The van der Waals surface area contributed by atoms with E-state index in [4.69, 9.17) is 9.37 Å². The van der Waals surface area contributed by atoms with Gasteiger partial charge in [0, 0.05) is 11.3 Å². The topological polar surface area (TPSA) is 225 Å². The number of allylic oxidation sites excluding steroid dienone is 3. The molecule has 0 bridgehead atoms. The molecule has 1 aromatic heterocycles. The molecule has 17 nitrogen and oxygen atoms in total. The second-order valence-corrected chi connectivity index (χ2v) is 6.91. The number of ether oxygens (including phenoxy) is 1. The molecule has 1 aromatic carbocycles. The van der Waals surface area contributed by atoms with Crippen LogP contribution in [0.5, 0.6) is 0 Å². The molecule has 0 amide bonds. The summed E-state index contributed by atoms with van der Waals surface area (Å²) in [5, 5.41) is 40.8. The minimum atomic E-state index is -1.58. The van der Waals surface area contributed by atoms with E-state index in [0.29, 0.717) is 0 Å². The fraction of sp³-hybridized carbons (Fsp3) is 0.353. The van der Waals surface area contributed by atoms with Gasteiger partial charge in [-0.15, -0.1) is 20.2 Å². The van der Waals surface area contributed by atoms with Gasteiger partial charge in [-0.1, -0.05) is 12.1 Å². The van der Waals surface area contributed by atoms with Crippen LogP contribution < -0.4 is 5.32 Å². The Labute approximate surface area is 188 Å². The number of carbonyl (C=O) groups excluding carboxylic acids is 1. The van der Waals surface area contributed by atoms with Crippen LogP contribution in [0.2, 0.25) is 0 Å². The third-order valence-electron chi connectivity index (χ3n) is 4.78. The average Bonchev–Trinajstić information content (AvgIpc) is 3.23. The summed E-state index contributed by atoms with van der Waals surface area (Å²) in [5.74, 6) is -2.47. The normalized spacial score (nSPS) is 15.8. The molecule has 180 valence electrons. The van der Waals surface area contributed by atoms with Crippen molar-refractivity contribution in [2.75, 3.05) is 13.2 Å². The molecule has 1 unspecified atom stereocenters. The third-order valence-corrected chi connectivity index (χ3v) is 4.78. The molecule has 0 fully saturated rings. The van der Waals surface area contributed by atoms with Crippen molar-refractivity contribution in [3.05, 3.63) is 76.8 Å². The highest BCUT2D eigenvalue weighted by molar-refractivity contribution is 5.94. The highest BCUT2D eigenvalue weighted by atomic mass is 17.0. The molecule has 0 saturated carbocycles. The van der Waals surface area contributed by atoms with Gasteiger partial charge in [-0.25, -0.2) is 9.42 Å². The molecule has 0 saturated heterocycles. The lowest BCUT2D eigenvalue weighted by molar-refractivity contribution is -0.768. The van der Waals surface area contributed by atoms with E-state index in [-0.39, 0.29) is 33.6 Å². The first-order valence-corrected chi connectivity index (χ1v) is 9.39. The number of esters is 1. The van der Waals surface area contributed by atoms with Crippen molar-refractivity contribution >= 4 is 17.0 Å². The van der Waals surface area contributed by atoms with E-state index in [1.165, 1.54) is 26.0 Å². The molecule has 2 aromatic rings. The largest absolute Gasteiger partial charge is 0.455 e. The first-order valence-electron chi connectivity index (χ1n) is 9.39. The maximum atomic E-state index is 13.2. The van der Waals surface area contributed by atoms with Crippen molar-refractivity contribution in [1.29, 1.82) is 0 Å². The van der Waals surface area contributed by atoms with Crippen LogP contribution in [0.3, 0.4) is 0 Å². The molecule has 1 atom stereocenters. The number of hydrogen-bond acceptors (Lipinski definition) is 14. The van der Waals surface area contributed by atoms with Gasteiger partial charge >= 0.3 is 5.97 Å². The minimum absolute atomic E-state index is 0.141. The summed E-state index contributed by atoms with van der Waals surface area (Å²) in [5.41, 5.74) is 0.325. The molecular formula is C17H16N6O11. The number of fused-ring (bicyclic) bond motifs is 1. The van der Waals surface area contributed by atoms with Gasteiger partial charge in [0.15, 0.2) is 0 Å². The summed E-state index contributed by atoms with van der Waals surface area (Å²) in [7, 11) is 0. The maximum absolute atomic E-state index is 13.2. The fourth-order valence-corrected chi connectivity index (χ4v) is 3.48. The monoisotopic (exact) mass is 480 g/mol. The summed E-state index contributed by atoms with van der Waals surface area (Å²) in [6.45, 7) is 1.14. The van der Waals surface area contributed by atoms with Gasteiger partial charge < -0.3 is 19.7 Å². The second kappa shape index (κ2) is 9.76. The Kier molecular flexibility index (Phi) is 6.84. The molecule has 3 rings (SSSR count). The Balaban J connectivity index is 2.04. The van der Waals surface area contributed by atoms with E-state index in [9.17, 15) is 35.1 Å².